The molecule has 0 unspecified atom stereocenters. The van der Waals surface area contributed by atoms with Crippen LogP contribution in [0.1, 0.15) is 23.6 Å². The lowest BCUT2D eigenvalue weighted by Crippen LogP contribution is -2.13. The predicted octanol–water partition coefficient (Wildman–Crippen LogP) is 4.17. The second-order valence-corrected chi connectivity index (χ2v) is 5.04. The topological polar surface area (TPSA) is 21.3 Å². The average molecular weight is 290 g/mol. The van der Waals surface area contributed by atoms with Crippen LogP contribution in [0.4, 0.5) is 0 Å². The third-order valence-corrected chi connectivity index (χ3v) is 3.53. The normalized spacial score (nSPS) is 10.7. The average Bonchev–Trinajstić information content (AvgIpc) is 2.48. The van der Waals surface area contributed by atoms with Crippen molar-refractivity contribution in [1.82, 2.24) is 5.32 Å². The van der Waals surface area contributed by atoms with Crippen molar-refractivity contribution in [3.63, 3.8) is 0 Å². The molecular formula is C17H20ClNO. The third-order valence-electron chi connectivity index (χ3n) is 3.16. The molecule has 2 aromatic carbocycles. The molecule has 3 heteroatoms. The van der Waals surface area contributed by atoms with E-state index in [0.717, 1.165) is 23.7 Å². The number of benzene rings is 2. The molecule has 0 aliphatic rings. The maximum Gasteiger partial charge on any atom is 0.0735 e. The molecular weight excluding hydrogens is 270 g/mol. The van der Waals surface area contributed by atoms with E-state index in [2.05, 4.69) is 30.4 Å². The van der Waals surface area contributed by atoms with Gasteiger partial charge in [-0.05, 0) is 29.3 Å². The van der Waals surface area contributed by atoms with Crippen LogP contribution < -0.4 is 5.32 Å². The van der Waals surface area contributed by atoms with Crippen molar-refractivity contribution in [2.45, 2.75) is 26.7 Å². The van der Waals surface area contributed by atoms with E-state index in [1.165, 1.54) is 11.1 Å². The van der Waals surface area contributed by atoms with Gasteiger partial charge in [-0.15, -0.1) is 0 Å². The molecule has 0 aliphatic carbocycles. The second kappa shape index (κ2) is 8.05. The molecule has 20 heavy (non-hydrogen) atoms. The number of rotatable bonds is 7. The Morgan fingerprint density at radius 2 is 1.50 bits per heavy atom. The summed E-state index contributed by atoms with van der Waals surface area (Å²) in [5.74, 6) is 0. The van der Waals surface area contributed by atoms with Gasteiger partial charge in [-0.2, -0.15) is 0 Å². The van der Waals surface area contributed by atoms with Crippen LogP contribution in [0, 0.1) is 0 Å². The quantitative estimate of drug-likeness (QED) is 0.826. The fourth-order valence-corrected chi connectivity index (χ4v) is 2.21. The predicted molar refractivity (Wildman–Crippen MR) is 83.8 cm³/mol. The Balaban J connectivity index is 1.92. The minimum Gasteiger partial charge on any atom is -0.372 e. The van der Waals surface area contributed by atoms with Gasteiger partial charge in [0.15, 0.2) is 0 Å². The van der Waals surface area contributed by atoms with E-state index >= 15 is 0 Å². The molecule has 0 saturated heterocycles. The van der Waals surface area contributed by atoms with Gasteiger partial charge in [-0.25, -0.2) is 0 Å². The Bertz CT molecular complexity index is 542. The number of hydrogen-bond acceptors (Lipinski definition) is 2. The summed E-state index contributed by atoms with van der Waals surface area (Å²) in [6, 6.07) is 16.1. The minimum atomic E-state index is 0.537. The van der Waals surface area contributed by atoms with Crippen molar-refractivity contribution < 1.29 is 4.74 Å². The lowest BCUT2D eigenvalue weighted by atomic mass is 10.1. The Labute approximate surface area is 125 Å². The highest BCUT2D eigenvalue weighted by Gasteiger charge is 2.03. The first-order valence-electron chi connectivity index (χ1n) is 6.90. The minimum absolute atomic E-state index is 0.537. The molecule has 0 radical (unpaired) electrons. The zero-order valence-corrected chi connectivity index (χ0v) is 12.5. The molecule has 1 N–H and O–H groups in total. The van der Waals surface area contributed by atoms with Crippen LogP contribution in [0.5, 0.6) is 0 Å². The van der Waals surface area contributed by atoms with Crippen molar-refractivity contribution in [2.75, 3.05) is 6.54 Å². The van der Waals surface area contributed by atoms with Crippen LogP contribution in [0.25, 0.3) is 0 Å². The molecule has 0 bridgehead atoms. The fraction of sp³-hybridized carbons (Fsp3) is 0.294. The maximum absolute atomic E-state index is 6.12. The molecule has 0 aromatic heterocycles. The molecule has 0 saturated carbocycles. The summed E-state index contributed by atoms with van der Waals surface area (Å²) in [6.07, 6.45) is 0. The first-order valence-corrected chi connectivity index (χ1v) is 7.27. The summed E-state index contributed by atoms with van der Waals surface area (Å²) in [5, 5.41) is 4.10. The molecule has 0 aliphatic heterocycles. The lowest BCUT2D eigenvalue weighted by molar-refractivity contribution is 0.106. The van der Waals surface area contributed by atoms with E-state index in [4.69, 9.17) is 16.3 Å². The van der Waals surface area contributed by atoms with Gasteiger partial charge in [0.25, 0.3) is 0 Å². The molecule has 0 amide bonds. The SMILES string of the molecule is CCNCc1ccccc1COCc1ccccc1Cl. The molecule has 2 aromatic rings. The van der Waals surface area contributed by atoms with E-state index in [9.17, 15) is 0 Å². The molecule has 0 fully saturated rings. The van der Waals surface area contributed by atoms with E-state index < -0.39 is 0 Å². The third kappa shape index (κ3) is 4.34. The van der Waals surface area contributed by atoms with Gasteiger partial charge in [0.1, 0.15) is 0 Å². The van der Waals surface area contributed by atoms with Gasteiger partial charge in [-0.3, -0.25) is 0 Å². The van der Waals surface area contributed by atoms with Crippen LogP contribution >= 0.6 is 11.6 Å². The largest absolute Gasteiger partial charge is 0.372 e. The Morgan fingerprint density at radius 3 is 2.20 bits per heavy atom. The van der Waals surface area contributed by atoms with Gasteiger partial charge in [-0.1, -0.05) is 61.0 Å². The summed E-state index contributed by atoms with van der Waals surface area (Å²) in [4.78, 5) is 0. The number of ether oxygens (including phenoxy) is 1. The fourth-order valence-electron chi connectivity index (χ4n) is 2.02. The first kappa shape index (κ1) is 15.0. The molecule has 106 valence electrons. The number of halogens is 1. The monoisotopic (exact) mass is 289 g/mol. The van der Waals surface area contributed by atoms with Crippen molar-refractivity contribution in [3.05, 3.63) is 70.2 Å². The van der Waals surface area contributed by atoms with Crippen molar-refractivity contribution in [3.8, 4) is 0 Å². The highest BCUT2D eigenvalue weighted by molar-refractivity contribution is 6.31. The smallest absolute Gasteiger partial charge is 0.0735 e. The van der Waals surface area contributed by atoms with Gasteiger partial charge in [0, 0.05) is 11.6 Å². The highest BCUT2D eigenvalue weighted by Crippen LogP contribution is 2.17. The summed E-state index contributed by atoms with van der Waals surface area (Å²) >= 11 is 6.12. The molecule has 0 heterocycles. The Morgan fingerprint density at radius 1 is 0.900 bits per heavy atom. The summed E-state index contributed by atoms with van der Waals surface area (Å²) < 4.78 is 5.79. The van der Waals surface area contributed by atoms with Crippen molar-refractivity contribution in [1.29, 1.82) is 0 Å². The number of nitrogens with one attached hydrogen (secondary N) is 1. The zero-order valence-electron chi connectivity index (χ0n) is 11.7. The van der Waals surface area contributed by atoms with Crippen molar-refractivity contribution in [2.24, 2.45) is 0 Å². The highest BCUT2D eigenvalue weighted by atomic mass is 35.5. The maximum atomic E-state index is 6.12. The van der Waals surface area contributed by atoms with Gasteiger partial charge in [0.2, 0.25) is 0 Å². The summed E-state index contributed by atoms with van der Waals surface area (Å²) in [6.45, 7) is 5.09. The molecule has 2 nitrogen and oxygen atoms in total. The van der Waals surface area contributed by atoms with Crippen molar-refractivity contribution >= 4 is 11.6 Å². The van der Waals surface area contributed by atoms with Gasteiger partial charge >= 0.3 is 0 Å². The van der Waals surface area contributed by atoms with E-state index in [1.54, 1.807) is 0 Å². The molecule has 2 rings (SSSR count). The van der Waals surface area contributed by atoms with E-state index in [1.807, 2.05) is 30.3 Å². The Kier molecular flexibility index (Phi) is 6.06. The van der Waals surface area contributed by atoms with Crippen LogP contribution in [-0.4, -0.2) is 6.54 Å². The summed E-state index contributed by atoms with van der Waals surface area (Å²) in [7, 11) is 0. The molecule has 0 spiro atoms. The lowest BCUT2D eigenvalue weighted by Gasteiger charge is -2.11. The zero-order chi connectivity index (χ0) is 14.2. The molecule has 0 atom stereocenters. The standard InChI is InChI=1S/C17H20ClNO/c1-2-19-11-14-7-3-4-8-15(14)12-20-13-16-9-5-6-10-17(16)18/h3-10,19H,2,11-13H2,1H3. The Hall–Kier alpha value is -1.35. The van der Waals surface area contributed by atoms with Gasteiger partial charge < -0.3 is 10.1 Å². The summed E-state index contributed by atoms with van der Waals surface area (Å²) in [5.41, 5.74) is 3.53. The second-order valence-electron chi connectivity index (χ2n) is 4.63. The van der Waals surface area contributed by atoms with E-state index in [-0.39, 0.29) is 0 Å². The first-order chi connectivity index (χ1) is 9.81. The van der Waals surface area contributed by atoms with Crippen LogP contribution in [0.2, 0.25) is 5.02 Å². The number of hydrogen-bond donors (Lipinski definition) is 1. The van der Waals surface area contributed by atoms with Crippen LogP contribution in [0.15, 0.2) is 48.5 Å². The van der Waals surface area contributed by atoms with Crippen LogP contribution in [-0.2, 0) is 24.5 Å². The van der Waals surface area contributed by atoms with E-state index in [0.29, 0.717) is 13.2 Å². The van der Waals surface area contributed by atoms with Gasteiger partial charge in [0.05, 0.1) is 13.2 Å². The van der Waals surface area contributed by atoms with Crippen LogP contribution in [0.3, 0.4) is 0 Å².